The monoisotopic (exact) mass is 272 g/mol. The molecule has 0 spiro atoms. The van der Waals surface area contributed by atoms with Crippen molar-refractivity contribution in [3.8, 4) is 0 Å². The number of carboxylic acid groups (broad SMARTS) is 1. The van der Waals surface area contributed by atoms with E-state index in [1.807, 2.05) is 13.8 Å². The maximum Gasteiger partial charge on any atom is 0.317 e. The van der Waals surface area contributed by atoms with Crippen LogP contribution in [-0.4, -0.2) is 52.3 Å². The molecular formula is C13H24N2O4. The van der Waals surface area contributed by atoms with Gasteiger partial charge in [-0.05, 0) is 25.7 Å². The molecule has 1 atom stereocenters. The van der Waals surface area contributed by atoms with Gasteiger partial charge in [0.15, 0.2) is 0 Å². The number of carbonyl (C=O) groups is 2. The Morgan fingerprint density at radius 3 is 2.26 bits per heavy atom. The molecule has 0 aromatic carbocycles. The Hall–Kier alpha value is -1.30. The molecule has 0 bridgehead atoms. The second-order valence-electron chi connectivity index (χ2n) is 5.86. The summed E-state index contributed by atoms with van der Waals surface area (Å²) in [6.45, 7) is 6.54. The van der Waals surface area contributed by atoms with Crippen LogP contribution in [0.1, 0.15) is 33.6 Å². The number of rotatable bonds is 4. The first-order valence-corrected chi connectivity index (χ1v) is 6.71. The van der Waals surface area contributed by atoms with E-state index in [9.17, 15) is 14.7 Å². The molecule has 0 aromatic rings. The lowest BCUT2D eigenvalue weighted by Crippen LogP contribution is -2.50. The molecule has 1 fully saturated rings. The van der Waals surface area contributed by atoms with Gasteiger partial charge >= 0.3 is 12.0 Å². The van der Waals surface area contributed by atoms with Crippen molar-refractivity contribution in [3.05, 3.63) is 0 Å². The third-order valence-electron chi connectivity index (χ3n) is 3.72. The molecule has 1 aliphatic rings. The number of urea groups is 1. The predicted molar refractivity (Wildman–Crippen MR) is 70.8 cm³/mol. The van der Waals surface area contributed by atoms with E-state index in [1.165, 1.54) is 0 Å². The molecule has 3 N–H and O–H groups in total. The molecule has 1 saturated heterocycles. The Balaban J connectivity index is 2.41. The molecular weight excluding hydrogens is 248 g/mol. The highest BCUT2D eigenvalue weighted by Crippen LogP contribution is 2.21. The first-order valence-electron chi connectivity index (χ1n) is 6.71. The molecule has 1 rings (SSSR count). The smallest absolute Gasteiger partial charge is 0.317 e. The van der Waals surface area contributed by atoms with Crippen LogP contribution >= 0.6 is 0 Å². The van der Waals surface area contributed by atoms with Crippen molar-refractivity contribution < 1.29 is 19.8 Å². The van der Waals surface area contributed by atoms with E-state index in [0.29, 0.717) is 25.9 Å². The Labute approximate surface area is 113 Å². The van der Waals surface area contributed by atoms with Crippen molar-refractivity contribution >= 4 is 12.0 Å². The van der Waals surface area contributed by atoms with Crippen molar-refractivity contribution in [3.63, 3.8) is 0 Å². The molecule has 110 valence electrons. The summed E-state index contributed by atoms with van der Waals surface area (Å²) in [6, 6.07) is -0.248. The number of piperidine rings is 1. The number of nitrogens with one attached hydrogen (secondary N) is 1. The lowest BCUT2D eigenvalue weighted by Gasteiger charge is -2.35. The molecule has 2 amide bonds. The summed E-state index contributed by atoms with van der Waals surface area (Å²) in [6.07, 6.45) is 1.10. The van der Waals surface area contributed by atoms with E-state index in [4.69, 9.17) is 5.11 Å². The average Bonchev–Trinajstić information content (AvgIpc) is 2.27. The van der Waals surface area contributed by atoms with Crippen LogP contribution in [0.4, 0.5) is 4.79 Å². The summed E-state index contributed by atoms with van der Waals surface area (Å²) in [5.74, 6) is -1.49. The van der Waals surface area contributed by atoms with Gasteiger partial charge in [0, 0.05) is 19.6 Å². The minimum Gasteiger partial charge on any atom is -0.481 e. The zero-order valence-electron chi connectivity index (χ0n) is 11.8. The van der Waals surface area contributed by atoms with E-state index in [2.05, 4.69) is 5.32 Å². The van der Waals surface area contributed by atoms with E-state index in [0.717, 1.165) is 0 Å². The van der Waals surface area contributed by atoms with Crippen LogP contribution in [0.3, 0.4) is 0 Å². The van der Waals surface area contributed by atoms with Gasteiger partial charge < -0.3 is 20.4 Å². The molecule has 1 heterocycles. The Kier molecular flexibility index (Phi) is 5.17. The Morgan fingerprint density at radius 1 is 1.32 bits per heavy atom. The highest BCUT2D eigenvalue weighted by molar-refractivity contribution is 5.76. The minimum atomic E-state index is -0.892. The normalized spacial score (nSPS) is 20.2. The maximum absolute atomic E-state index is 11.9. The summed E-state index contributed by atoms with van der Waals surface area (Å²) in [4.78, 5) is 24.5. The van der Waals surface area contributed by atoms with E-state index >= 15 is 0 Å². The van der Waals surface area contributed by atoms with Gasteiger partial charge in [-0.15, -0.1) is 0 Å². The van der Waals surface area contributed by atoms with Crippen molar-refractivity contribution in [2.75, 3.05) is 19.6 Å². The molecule has 0 saturated carbocycles. The number of aliphatic hydroxyl groups is 1. The zero-order valence-corrected chi connectivity index (χ0v) is 11.8. The molecule has 0 radical (unpaired) electrons. The fraction of sp³-hybridized carbons (Fsp3) is 0.846. The number of amides is 2. The minimum absolute atomic E-state index is 0.0279. The number of carboxylic acids is 1. The highest BCUT2D eigenvalue weighted by Gasteiger charge is 2.30. The van der Waals surface area contributed by atoms with Gasteiger partial charge in [0.1, 0.15) is 0 Å². The van der Waals surface area contributed by atoms with Gasteiger partial charge in [0.2, 0.25) is 0 Å². The van der Waals surface area contributed by atoms with Crippen LogP contribution in [0.25, 0.3) is 0 Å². The van der Waals surface area contributed by atoms with Crippen molar-refractivity contribution in [2.24, 2.45) is 11.8 Å². The summed E-state index contributed by atoms with van der Waals surface area (Å²) < 4.78 is 0. The zero-order chi connectivity index (χ0) is 14.6. The lowest BCUT2D eigenvalue weighted by atomic mass is 9.94. The molecule has 0 aromatic heterocycles. The predicted octanol–water partition coefficient (Wildman–Crippen LogP) is 0.900. The standard InChI is InChI=1S/C13H24N2O4/c1-9(2)10(11(16)17)8-14-12(18)15-6-4-13(3,19)5-7-15/h9-10,19H,4-8H2,1-3H3,(H,14,18)(H,16,17). The SMILES string of the molecule is CC(C)C(CNC(=O)N1CCC(C)(O)CC1)C(=O)O. The van der Waals surface area contributed by atoms with Crippen LogP contribution in [0, 0.1) is 11.8 Å². The number of likely N-dealkylation sites (tertiary alicyclic amines) is 1. The van der Waals surface area contributed by atoms with E-state index in [1.54, 1.807) is 11.8 Å². The third kappa shape index (κ3) is 4.70. The van der Waals surface area contributed by atoms with Crippen molar-refractivity contribution in [1.82, 2.24) is 10.2 Å². The molecule has 19 heavy (non-hydrogen) atoms. The van der Waals surface area contributed by atoms with Gasteiger partial charge in [-0.3, -0.25) is 4.79 Å². The Bertz CT molecular complexity index is 332. The van der Waals surface area contributed by atoms with Crippen LogP contribution in [0.5, 0.6) is 0 Å². The molecule has 0 aliphatic carbocycles. The first-order chi connectivity index (χ1) is 8.73. The number of carbonyl (C=O) groups excluding carboxylic acids is 1. The molecule has 1 aliphatic heterocycles. The molecule has 6 nitrogen and oxygen atoms in total. The number of nitrogens with zero attached hydrogens (tertiary/aromatic N) is 1. The van der Waals surface area contributed by atoms with E-state index < -0.39 is 17.5 Å². The summed E-state index contributed by atoms with van der Waals surface area (Å²) in [7, 11) is 0. The summed E-state index contributed by atoms with van der Waals surface area (Å²) in [5, 5.41) is 21.5. The van der Waals surface area contributed by atoms with Gasteiger partial charge in [0.25, 0.3) is 0 Å². The van der Waals surface area contributed by atoms with Crippen LogP contribution in [-0.2, 0) is 4.79 Å². The van der Waals surface area contributed by atoms with Crippen LogP contribution in [0.2, 0.25) is 0 Å². The Morgan fingerprint density at radius 2 is 1.84 bits per heavy atom. The highest BCUT2D eigenvalue weighted by atomic mass is 16.4. The topological polar surface area (TPSA) is 89.9 Å². The first kappa shape index (κ1) is 15.8. The summed E-state index contributed by atoms with van der Waals surface area (Å²) >= 11 is 0. The fourth-order valence-electron chi connectivity index (χ4n) is 2.11. The number of aliphatic carboxylic acids is 1. The lowest BCUT2D eigenvalue weighted by molar-refractivity contribution is -0.142. The van der Waals surface area contributed by atoms with Crippen molar-refractivity contribution in [1.29, 1.82) is 0 Å². The average molecular weight is 272 g/mol. The van der Waals surface area contributed by atoms with Gasteiger partial charge in [0.05, 0.1) is 11.5 Å². The van der Waals surface area contributed by atoms with Gasteiger partial charge in [-0.25, -0.2) is 4.79 Å². The van der Waals surface area contributed by atoms with E-state index in [-0.39, 0.29) is 18.5 Å². The second-order valence-corrected chi connectivity index (χ2v) is 5.86. The molecule has 1 unspecified atom stereocenters. The largest absolute Gasteiger partial charge is 0.481 e. The fourth-order valence-corrected chi connectivity index (χ4v) is 2.11. The maximum atomic E-state index is 11.9. The third-order valence-corrected chi connectivity index (χ3v) is 3.72. The van der Waals surface area contributed by atoms with Gasteiger partial charge in [-0.1, -0.05) is 13.8 Å². The second kappa shape index (κ2) is 6.23. The summed E-state index contributed by atoms with van der Waals surface area (Å²) in [5.41, 5.74) is -0.696. The van der Waals surface area contributed by atoms with Crippen LogP contribution < -0.4 is 5.32 Å². The number of hydrogen-bond acceptors (Lipinski definition) is 3. The quantitative estimate of drug-likeness (QED) is 0.709. The van der Waals surface area contributed by atoms with Crippen molar-refractivity contribution in [2.45, 2.75) is 39.2 Å². The van der Waals surface area contributed by atoms with Crippen LogP contribution in [0.15, 0.2) is 0 Å². The number of hydrogen-bond donors (Lipinski definition) is 3. The molecule has 6 heteroatoms. The van der Waals surface area contributed by atoms with Gasteiger partial charge in [-0.2, -0.15) is 0 Å².